The van der Waals surface area contributed by atoms with Crippen molar-refractivity contribution in [2.24, 2.45) is 4.99 Å². The molecule has 22 heavy (non-hydrogen) atoms. The normalized spacial score (nSPS) is 20.6. The van der Waals surface area contributed by atoms with Crippen molar-refractivity contribution < 1.29 is 8.42 Å². The number of hydrogen-bond donors (Lipinski definition) is 2. The van der Waals surface area contributed by atoms with E-state index < -0.39 is 10.0 Å². The SMILES string of the molecule is Cc1cc(CCC2(CCNS(C)(=O)=O)C=CC=N2)ccc1N. The third kappa shape index (κ3) is 4.68. The summed E-state index contributed by atoms with van der Waals surface area (Å²) in [6.45, 7) is 2.39. The molecule has 1 unspecified atom stereocenters. The molecule has 0 spiro atoms. The van der Waals surface area contributed by atoms with Gasteiger partial charge < -0.3 is 5.73 Å². The van der Waals surface area contributed by atoms with Gasteiger partial charge in [0.25, 0.3) is 0 Å². The third-order valence-electron chi connectivity index (χ3n) is 3.93. The number of benzene rings is 1. The van der Waals surface area contributed by atoms with Crippen molar-refractivity contribution in [2.75, 3.05) is 18.5 Å². The fraction of sp³-hybridized carbons (Fsp3) is 0.438. The number of nitrogens with two attached hydrogens (primary N) is 1. The minimum atomic E-state index is -3.16. The number of nitrogen functional groups attached to an aromatic ring is 1. The van der Waals surface area contributed by atoms with E-state index in [1.54, 1.807) is 6.21 Å². The molecule has 0 aliphatic carbocycles. The van der Waals surface area contributed by atoms with Gasteiger partial charge in [-0.1, -0.05) is 18.2 Å². The second-order valence-electron chi connectivity index (χ2n) is 5.85. The molecule has 1 heterocycles. The van der Waals surface area contributed by atoms with Crippen molar-refractivity contribution in [1.29, 1.82) is 0 Å². The van der Waals surface area contributed by atoms with E-state index in [9.17, 15) is 8.42 Å². The standard InChI is InChI=1S/C16H23N3O2S/c1-13-12-14(4-5-15(13)17)6-8-16(7-3-10-18-16)9-11-19-22(2,20)21/h3-5,7,10,12,19H,6,8-9,11,17H2,1-2H3. The molecular weight excluding hydrogens is 298 g/mol. The molecule has 1 aromatic rings. The summed E-state index contributed by atoms with van der Waals surface area (Å²) in [7, 11) is -3.16. The van der Waals surface area contributed by atoms with Gasteiger partial charge in [0.1, 0.15) is 0 Å². The topological polar surface area (TPSA) is 84.5 Å². The minimum Gasteiger partial charge on any atom is -0.399 e. The number of hydrogen-bond acceptors (Lipinski definition) is 4. The lowest BCUT2D eigenvalue weighted by atomic mass is 9.89. The predicted octanol–water partition coefficient (Wildman–Crippen LogP) is 1.83. The lowest BCUT2D eigenvalue weighted by Crippen LogP contribution is -2.31. The van der Waals surface area contributed by atoms with Gasteiger partial charge in [0.05, 0.1) is 11.8 Å². The van der Waals surface area contributed by atoms with Crippen LogP contribution in [0, 0.1) is 6.92 Å². The van der Waals surface area contributed by atoms with Crippen molar-refractivity contribution >= 4 is 21.9 Å². The van der Waals surface area contributed by atoms with Gasteiger partial charge in [-0.3, -0.25) is 4.99 Å². The van der Waals surface area contributed by atoms with Crippen molar-refractivity contribution in [2.45, 2.75) is 31.7 Å². The highest BCUT2D eigenvalue weighted by molar-refractivity contribution is 7.88. The van der Waals surface area contributed by atoms with E-state index in [1.807, 2.05) is 25.1 Å². The van der Waals surface area contributed by atoms with E-state index in [0.717, 1.165) is 24.1 Å². The zero-order chi connectivity index (χ0) is 16.2. The van der Waals surface area contributed by atoms with Gasteiger partial charge in [-0.15, -0.1) is 0 Å². The molecule has 1 aromatic carbocycles. The number of aryl methyl sites for hydroxylation is 2. The van der Waals surface area contributed by atoms with E-state index in [2.05, 4.69) is 21.9 Å². The number of nitrogens with one attached hydrogen (secondary N) is 1. The van der Waals surface area contributed by atoms with Crippen LogP contribution in [0.5, 0.6) is 0 Å². The molecule has 6 heteroatoms. The summed E-state index contributed by atoms with van der Waals surface area (Å²) in [5.41, 5.74) is 8.63. The first-order valence-electron chi connectivity index (χ1n) is 7.32. The zero-order valence-corrected chi connectivity index (χ0v) is 13.9. The molecule has 1 atom stereocenters. The average Bonchev–Trinajstić information content (AvgIpc) is 2.88. The fourth-order valence-electron chi connectivity index (χ4n) is 2.58. The first kappa shape index (κ1) is 16.7. The summed E-state index contributed by atoms with van der Waals surface area (Å²) >= 11 is 0. The molecule has 2 rings (SSSR count). The molecule has 0 aromatic heterocycles. The van der Waals surface area contributed by atoms with Crippen LogP contribution < -0.4 is 10.5 Å². The number of rotatable bonds is 7. The van der Waals surface area contributed by atoms with Crippen molar-refractivity contribution in [1.82, 2.24) is 4.72 Å². The maximum Gasteiger partial charge on any atom is 0.208 e. The molecule has 0 bridgehead atoms. The van der Waals surface area contributed by atoms with Crippen LogP contribution >= 0.6 is 0 Å². The van der Waals surface area contributed by atoms with Gasteiger partial charge in [0.15, 0.2) is 0 Å². The molecule has 0 fully saturated rings. The monoisotopic (exact) mass is 321 g/mol. The van der Waals surface area contributed by atoms with Crippen LogP contribution in [-0.4, -0.2) is 33.0 Å². The Hall–Kier alpha value is -1.66. The number of aliphatic imine (C=N–C) groups is 1. The fourth-order valence-corrected chi connectivity index (χ4v) is 3.06. The Morgan fingerprint density at radius 3 is 2.68 bits per heavy atom. The van der Waals surface area contributed by atoms with Crippen LogP contribution in [0.2, 0.25) is 0 Å². The van der Waals surface area contributed by atoms with E-state index in [0.29, 0.717) is 13.0 Å². The van der Waals surface area contributed by atoms with Gasteiger partial charge in [0.2, 0.25) is 10.0 Å². The van der Waals surface area contributed by atoms with Gasteiger partial charge in [-0.05, 0) is 49.5 Å². The number of allylic oxidation sites excluding steroid dienone is 1. The molecule has 1 aliphatic rings. The molecule has 0 amide bonds. The van der Waals surface area contributed by atoms with Gasteiger partial charge in [0, 0.05) is 18.4 Å². The Bertz CT molecular complexity index is 681. The molecule has 0 saturated carbocycles. The average molecular weight is 321 g/mol. The van der Waals surface area contributed by atoms with E-state index >= 15 is 0 Å². The highest BCUT2D eigenvalue weighted by Crippen LogP contribution is 2.28. The summed E-state index contributed by atoms with van der Waals surface area (Å²) in [5, 5.41) is 0. The maximum absolute atomic E-state index is 11.2. The quantitative estimate of drug-likeness (QED) is 0.751. The molecule has 0 radical (unpaired) electrons. The number of nitrogens with zero attached hydrogens (tertiary/aromatic N) is 1. The summed E-state index contributed by atoms with van der Waals surface area (Å²) in [5.74, 6) is 0. The second kappa shape index (κ2) is 6.62. The van der Waals surface area contributed by atoms with Crippen molar-refractivity contribution in [3.63, 3.8) is 0 Å². The summed E-state index contributed by atoms with van der Waals surface area (Å²) < 4.78 is 24.9. The Kier molecular flexibility index (Phi) is 5.03. The zero-order valence-electron chi connectivity index (χ0n) is 13.0. The van der Waals surface area contributed by atoms with Crippen LogP contribution in [0.15, 0.2) is 35.3 Å². The van der Waals surface area contributed by atoms with Gasteiger partial charge in [-0.25, -0.2) is 13.1 Å². The Morgan fingerprint density at radius 2 is 2.09 bits per heavy atom. The highest BCUT2D eigenvalue weighted by Gasteiger charge is 2.27. The first-order chi connectivity index (χ1) is 10.3. The third-order valence-corrected chi connectivity index (χ3v) is 4.66. The largest absolute Gasteiger partial charge is 0.399 e. The highest BCUT2D eigenvalue weighted by atomic mass is 32.2. The molecule has 1 aliphatic heterocycles. The maximum atomic E-state index is 11.2. The van der Waals surface area contributed by atoms with E-state index in [1.165, 1.54) is 11.8 Å². The van der Waals surface area contributed by atoms with Crippen LogP contribution in [0.1, 0.15) is 24.0 Å². The Balaban J connectivity index is 1.98. The van der Waals surface area contributed by atoms with E-state index in [-0.39, 0.29) is 5.54 Å². The number of sulfonamides is 1. The van der Waals surface area contributed by atoms with Gasteiger partial charge in [-0.2, -0.15) is 0 Å². The van der Waals surface area contributed by atoms with Gasteiger partial charge >= 0.3 is 0 Å². The Labute approximate surface area is 132 Å². The molecule has 5 nitrogen and oxygen atoms in total. The number of anilines is 1. The summed E-state index contributed by atoms with van der Waals surface area (Å²) in [4.78, 5) is 4.55. The van der Waals surface area contributed by atoms with Crippen LogP contribution in [-0.2, 0) is 16.4 Å². The van der Waals surface area contributed by atoms with Crippen LogP contribution in [0.25, 0.3) is 0 Å². The van der Waals surface area contributed by atoms with Crippen molar-refractivity contribution in [3.8, 4) is 0 Å². The lowest BCUT2D eigenvalue weighted by molar-refractivity contribution is 0.458. The molecule has 3 N–H and O–H groups in total. The Morgan fingerprint density at radius 1 is 1.32 bits per heavy atom. The smallest absolute Gasteiger partial charge is 0.208 e. The molecular formula is C16H23N3O2S. The van der Waals surface area contributed by atoms with Crippen molar-refractivity contribution in [3.05, 3.63) is 41.5 Å². The van der Waals surface area contributed by atoms with E-state index in [4.69, 9.17) is 5.73 Å². The van der Waals surface area contributed by atoms with Crippen LogP contribution in [0.3, 0.4) is 0 Å². The second-order valence-corrected chi connectivity index (χ2v) is 7.68. The minimum absolute atomic E-state index is 0.313. The summed E-state index contributed by atoms with van der Waals surface area (Å²) in [6.07, 6.45) is 9.31. The summed E-state index contributed by atoms with van der Waals surface area (Å²) in [6, 6.07) is 6.06. The molecule has 0 saturated heterocycles. The van der Waals surface area contributed by atoms with Crippen LogP contribution in [0.4, 0.5) is 5.69 Å². The predicted molar refractivity (Wildman–Crippen MR) is 91.7 cm³/mol. The lowest BCUT2D eigenvalue weighted by Gasteiger charge is -2.24. The molecule has 120 valence electrons. The first-order valence-corrected chi connectivity index (χ1v) is 9.22.